The maximum atomic E-state index is 13.0. The molecule has 0 aliphatic carbocycles. The maximum Gasteiger partial charge on any atom is 0.341 e. The predicted octanol–water partition coefficient (Wildman–Crippen LogP) is 2.23. The lowest BCUT2D eigenvalue weighted by molar-refractivity contribution is 0.0521. The van der Waals surface area contributed by atoms with E-state index < -0.39 is 16.0 Å². The summed E-state index contributed by atoms with van der Waals surface area (Å²) in [5.74, 6) is -0.261. The minimum atomic E-state index is -3.70. The molecular weight excluding hydrogens is 304 g/mol. The van der Waals surface area contributed by atoms with Crippen molar-refractivity contribution in [3.05, 3.63) is 17.0 Å². The van der Waals surface area contributed by atoms with Crippen molar-refractivity contribution in [2.24, 2.45) is 5.92 Å². The minimum absolute atomic E-state index is 0.0672. The Kier molecular flexibility index (Phi) is 4.97. The second-order valence-electron chi connectivity index (χ2n) is 5.91. The van der Waals surface area contributed by atoms with Gasteiger partial charge in [-0.1, -0.05) is 6.92 Å². The molecule has 1 atom stereocenters. The molecular formula is C15H24N2O4S. The number of hydrogen-bond acceptors (Lipinski definition) is 4. The molecule has 6 nitrogen and oxygen atoms in total. The van der Waals surface area contributed by atoms with Crippen molar-refractivity contribution in [2.75, 3.05) is 19.7 Å². The Hall–Kier alpha value is -1.34. The first kappa shape index (κ1) is 17.0. The van der Waals surface area contributed by atoms with Gasteiger partial charge in [0.1, 0.15) is 10.5 Å². The van der Waals surface area contributed by atoms with Crippen LogP contribution in [0, 0.1) is 19.8 Å². The fraction of sp³-hybridized carbons (Fsp3) is 0.667. The van der Waals surface area contributed by atoms with Crippen molar-refractivity contribution in [1.82, 2.24) is 9.29 Å². The van der Waals surface area contributed by atoms with Gasteiger partial charge in [-0.25, -0.2) is 13.2 Å². The fourth-order valence-corrected chi connectivity index (χ4v) is 5.03. The molecule has 1 aromatic rings. The molecule has 2 heterocycles. The summed E-state index contributed by atoms with van der Waals surface area (Å²) < 4.78 is 32.5. The number of carbonyl (C=O) groups is 1. The van der Waals surface area contributed by atoms with E-state index in [1.807, 2.05) is 6.92 Å². The van der Waals surface area contributed by atoms with E-state index in [9.17, 15) is 13.2 Å². The molecule has 0 radical (unpaired) electrons. The van der Waals surface area contributed by atoms with Gasteiger partial charge in [0, 0.05) is 24.5 Å². The second-order valence-corrected chi connectivity index (χ2v) is 7.78. The van der Waals surface area contributed by atoms with Crippen molar-refractivity contribution in [1.29, 1.82) is 0 Å². The Morgan fingerprint density at radius 3 is 2.64 bits per heavy atom. The third kappa shape index (κ3) is 3.05. The van der Waals surface area contributed by atoms with Crippen LogP contribution < -0.4 is 0 Å². The number of aryl methyl sites for hydroxylation is 2. The number of nitrogens with zero attached hydrogens (tertiary/aromatic N) is 1. The number of H-pyrrole nitrogens is 1. The number of aromatic nitrogens is 1. The van der Waals surface area contributed by atoms with Crippen LogP contribution in [0.3, 0.4) is 0 Å². The molecule has 1 N–H and O–H groups in total. The standard InChI is InChI=1S/C15H24N2O4S/c1-5-21-15(18)13-11(3)16-12(4)14(13)22(19,20)17-8-6-7-10(2)9-17/h10,16H,5-9H2,1-4H3/t10-/m1/s1. The molecule has 7 heteroatoms. The van der Waals surface area contributed by atoms with Crippen LogP contribution in [0.5, 0.6) is 0 Å². The summed E-state index contributed by atoms with van der Waals surface area (Å²) in [6.07, 6.45) is 1.87. The van der Waals surface area contributed by atoms with Gasteiger partial charge < -0.3 is 9.72 Å². The Balaban J connectivity index is 2.49. The van der Waals surface area contributed by atoms with Gasteiger partial charge in [0.2, 0.25) is 10.0 Å². The van der Waals surface area contributed by atoms with E-state index in [0.29, 0.717) is 30.4 Å². The lowest BCUT2D eigenvalue weighted by Crippen LogP contribution is -2.39. The summed E-state index contributed by atoms with van der Waals surface area (Å²) in [5, 5.41) is 0. The minimum Gasteiger partial charge on any atom is -0.462 e. The van der Waals surface area contributed by atoms with Crippen molar-refractivity contribution >= 4 is 16.0 Å². The van der Waals surface area contributed by atoms with Gasteiger partial charge in [-0.2, -0.15) is 4.31 Å². The van der Waals surface area contributed by atoms with E-state index in [2.05, 4.69) is 4.98 Å². The molecule has 1 fully saturated rings. The van der Waals surface area contributed by atoms with E-state index in [1.165, 1.54) is 4.31 Å². The van der Waals surface area contributed by atoms with Gasteiger partial charge in [0.05, 0.1) is 6.61 Å². The number of sulfonamides is 1. The lowest BCUT2D eigenvalue weighted by Gasteiger charge is -2.30. The highest BCUT2D eigenvalue weighted by Crippen LogP contribution is 2.30. The summed E-state index contributed by atoms with van der Waals surface area (Å²) in [6, 6.07) is 0. The Bertz CT molecular complexity index is 663. The smallest absolute Gasteiger partial charge is 0.341 e. The topological polar surface area (TPSA) is 79.5 Å². The van der Waals surface area contributed by atoms with Crippen LogP contribution in [-0.2, 0) is 14.8 Å². The van der Waals surface area contributed by atoms with Crippen molar-refractivity contribution in [3.8, 4) is 0 Å². The molecule has 1 aliphatic rings. The Morgan fingerprint density at radius 1 is 1.36 bits per heavy atom. The number of carbonyl (C=O) groups excluding carboxylic acids is 1. The first-order chi connectivity index (χ1) is 10.3. The van der Waals surface area contributed by atoms with Crippen LogP contribution in [0.2, 0.25) is 0 Å². The predicted molar refractivity (Wildman–Crippen MR) is 83.4 cm³/mol. The third-order valence-corrected chi connectivity index (χ3v) is 6.05. The molecule has 0 aromatic carbocycles. The quantitative estimate of drug-likeness (QED) is 0.860. The first-order valence-corrected chi connectivity index (χ1v) is 9.09. The van der Waals surface area contributed by atoms with Gasteiger partial charge in [0.25, 0.3) is 0 Å². The van der Waals surface area contributed by atoms with Gasteiger partial charge >= 0.3 is 5.97 Å². The molecule has 0 spiro atoms. The van der Waals surface area contributed by atoms with Gasteiger partial charge in [-0.05, 0) is 39.5 Å². The summed E-state index contributed by atoms with van der Waals surface area (Å²) in [4.78, 5) is 15.2. The number of hydrogen-bond donors (Lipinski definition) is 1. The molecule has 124 valence electrons. The molecule has 1 aromatic heterocycles. The van der Waals surface area contributed by atoms with Crippen molar-refractivity contribution in [2.45, 2.75) is 45.4 Å². The maximum absolute atomic E-state index is 13.0. The highest BCUT2D eigenvalue weighted by molar-refractivity contribution is 7.89. The second kappa shape index (κ2) is 6.42. The van der Waals surface area contributed by atoms with Crippen LogP contribution in [-0.4, -0.2) is 43.4 Å². The van der Waals surface area contributed by atoms with Crippen LogP contribution in [0.15, 0.2) is 4.90 Å². The highest BCUT2D eigenvalue weighted by atomic mass is 32.2. The molecule has 0 bridgehead atoms. The molecule has 0 saturated carbocycles. The van der Waals surface area contributed by atoms with Crippen LogP contribution in [0.25, 0.3) is 0 Å². The molecule has 0 amide bonds. The van der Waals surface area contributed by atoms with E-state index >= 15 is 0 Å². The van der Waals surface area contributed by atoms with Crippen molar-refractivity contribution < 1.29 is 17.9 Å². The average molecular weight is 328 g/mol. The molecule has 0 unspecified atom stereocenters. The van der Waals surface area contributed by atoms with E-state index in [-0.39, 0.29) is 17.1 Å². The molecule has 2 rings (SSSR count). The van der Waals surface area contributed by atoms with Crippen LogP contribution in [0.1, 0.15) is 48.4 Å². The van der Waals surface area contributed by atoms with Crippen LogP contribution >= 0.6 is 0 Å². The number of rotatable bonds is 4. The summed E-state index contributed by atoms with van der Waals surface area (Å²) >= 11 is 0. The number of esters is 1. The lowest BCUT2D eigenvalue weighted by atomic mass is 10.0. The number of piperidine rings is 1. The van der Waals surface area contributed by atoms with E-state index in [1.54, 1.807) is 20.8 Å². The highest BCUT2D eigenvalue weighted by Gasteiger charge is 2.35. The van der Waals surface area contributed by atoms with Gasteiger partial charge in [0.15, 0.2) is 0 Å². The van der Waals surface area contributed by atoms with Gasteiger partial charge in [-0.3, -0.25) is 0 Å². The summed E-state index contributed by atoms with van der Waals surface area (Å²) in [6.45, 7) is 8.32. The molecule has 1 saturated heterocycles. The number of nitrogens with one attached hydrogen (secondary N) is 1. The zero-order valence-electron chi connectivity index (χ0n) is 13.6. The van der Waals surface area contributed by atoms with Gasteiger partial charge in [-0.15, -0.1) is 0 Å². The van der Waals surface area contributed by atoms with Crippen molar-refractivity contribution in [3.63, 3.8) is 0 Å². The third-order valence-electron chi connectivity index (χ3n) is 4.01. The Morgan fingerprint density at radius 2 is 2.05 bits per heavy atom. The first-order valence-electron chi connectivity index (χ1n) is 7.65. The average Bonchev–Trinajstić information content (AvgIpc) is 2.74. The summed E-state index contributed by atoms with van der Waals surface area (Å²) in [7, 11) is -3.70. The number of aromatic amines is 1. The molecule has 22 heavy (non-hydrogen) atoms. The number of ether oxygens (including phenoxy) is 1. The monoisotopic (exact) mass is 328 g/mol. The summed E-state index contributed by atoms with van der Waals surface area (Å²) in [5.41, 5.74) is 1.15. The fourth-order valence-electron chi connectivity index (χ4n) is 3.02. The van der Waals surface area contributed by atoms with Crippen LogP contribution in [0.4, 0.5) is 0 Å². The SMILES string of the molecule is CCOC(=O)c1c(C)[nH]c(C)c1S(=O)(=O)N1CCC[C@@H](C)C1. The Labute approximate surface area is 131 Å². The largest absolute Gasteiger partial charge is 0.462 e. The normalized spacial score (nSPS) is 20.1. The zero-order valence-corrected chi connectivity index (χ0v) is 14.4. The molecule has 1 aliphatic heterocycles. The zero-order chi connectivity index (χ0) is 16.5. The van der Waals surface area contributed by atoms with E-state index in [4.69, 9.17) is 4.74 Å². The van der Waals surface area contributed by atoms with E-state index in [0.717, 1.165) is 12.8 Å².